The Labute approximate surface area is 206 Å². The van der Waals surface area contributed by atoms with Crippen molar-refractivity contribution >= 4 is 29.3 Å². The molecule has 180 valence electrons. The molecule has 2 amide bonds. The molecule has 2 atom stereocenters. The van der Waals surface area contributed by atoms with E-state index in [-0.39, 0.29) is 29.0 Å². The Kier molecular flexibility index (Phi) is 5.29. The number of aromatic nitrogens is 2. The zero-order chi connectivity index (χ0) is 24.2. The molecule has 1 aliphatic carbocycles. The number of likely N-dealkylation sites (tertiary alicyclic amines) is 1. The molecule has 9 heteroatoms. The van der Waals surface area contributed by atoms with Crippen LogP contribution < -0.4 is 5.32 Å². The number of nitrogens with one attached hydrogen (secondary N) is 1. The lowest BCUT2D eigenvalue weighted by Crippen LogP contribution is -2.56. The average molecular weight is 495 g/mol. The number of nitrogens with zero attached hydrogens (tertiary/aromatic N) is 3. The SMILES string of the molecule is O=C1Nc2ccc(Cl)c(F)c2[C@@]2(CC(C3CC3)CN(C(=O)c3cnn(Cc4ccccc4)c3)C2)O1. The number of hydrogen-bond acceptors (Lipinski definition) is 4. The highest BCUT2D eigenvalue weighted by atomic mass is 35.5. The summed E-state index contributed by atoms with van der Waals surface area (Å²) < 4.78 is 22.9. The molecule has 1 N–H and O–H groups in total. The van der Waals surface area contributed by atoms with E-state index in [1.54, 1.807) is 28.0 Å². The Hall–Kier alpha value is -3.39. The van der Waals surface area contributed by atoms with Gasteiger partial charge in [0.05, 0.1) is 41.1 Å². The summed E-state index contributed by atoms with van der Waals surface area (Å²) in [7, 11) is 0. The summed E-state index contributed by atoms with van der Waals surface area (Å²) in [6.07, 6.45) is 5.18. The molecule has 0 radical (unpaired) electrons. The van der Waals surface area contributed by atoms with Crippen LogP contribution >= 0.6 is 11.6 Å². The van der Waals surface area contributed by atoms with Crippen LogP contribution in [0.25, 0.3) is 0 Å². The third-order valence-corrected chi connectivity index (χ3v) is 7.50. The molecule has 3 aliphatic rings. The summed E-state index contributed by atoms with van der Waals surface area (Å²) >= 11 is 6.12. The number of rotatable bonds is 4. The van der Waals surface area contributed by atoms with E-state index in [1.165, 1.54) is 6.07 Å². The predicted octanol–water partition coefficient (Wildman–Crippen LogP) is 5.05. The highest BCUT2D eigenvalue weighted by molar-refractivity contribution is 6.31. The third kappa shape index (κ3) is 4.05. The zero-order valence-corrected chi connectivity index (χ0v) is 19.7. The van der Waals surface area contributed by atoms with E-state index >= 15 is 4.39 Å². The van der Waals surface area contributed by atoms with Gasteiger partial charge in [-0.3, -0.25) is 14.8 Å². The van der Waals surface area contributed by atoms with E-state index in [2.05, 4.69) is 10.4 Å². The van der Waals surface area contributed by atoms with Crippen LogP contribution in [0.2, 0.25) is 5.02 Å². The van der Waals surface area contributed by atoms with Crippen LogP contribution in [0.5, 0.6) is 0 Å². The Morgan fingerprint density at radius 3 is 2.77 bits per heavy atom. The highest BCUT2D eigenvalue weighted by Gasteiger charge is 2.53. The second-order valence-electron chi connectivity index (χ2n) is 9.69. The lowest BCUT2D eigenvalue weighted by atomic mass is 9.76. The lowest BCUT2D eigenvalue weighted by molar-refractivity contribution is -0.0629. The van der Waals surface area contributed by atoms with Gasteiger partial charge in [-0.1, -0.05) is 41.9 Å². The van der Waals surface area contributed by atoms with Crippen LogP contribution in [-0.2, 0) is 16.9 Å². The number of fused-ring (bicyclic) bond motifs is 2. The maximum absolute atomic E-state index is 15.4. The van der Waals surface area contributed by atoms with Crippen molar-refractivity contribution in [1.29, 1.82) is 0 Å². The second-order valence-corrected chi connectivity index (χ2v) is 10.1. The normalized spacial score (nSPS) is 23.5. The Morgan fingerprint density at radius 2 is 2.00 bits per heavy atom. The van der Waals surface area contributed by atoms with E-state index < -0.39 is 17.5 Å². The fraction of sp³-hybridized carbons (Fsp3) is 0.346. The van der Waals surface area contributed by atoms with Gasteiger partial charge in [0.15, 0.2) is 11.4 Å². The fourth-order valence-electron chi connectivity index (χ4n) is 5.48. The molecule has 35 heavy (non-hydrogen) atoms. The van der Waals surface area contributed by atoms with Crippen LogP contribution in [-0.4, -0.2) is 39.8 Å². The molecule has 2 aliphatic heterocycles. The smallest absolute Gasteiger partial charge is 0.412 e. The Bertz CT molecular complexity index is 1310. The maximum Gasteiger partial charge on any atom is 0.412 e. The number of halogens is 2. The predicted molar refractivity (Wildman–Crippen MR) is 128 cm³/mol. The third-order valence-electron chi connectivity index (χ3n) is 7.21. The minimum Gasteiger partial charge on any atom is -0.436 e. The lowest BCUT2D eigenvalue weighted by Gasteiger charge is -2.48. The van der Waals surface area contributed by atoms with E-state index in [1.807, 2.05) is 30.3 Å². The summed E-state index contributed by atoms with van der Waals surface area (Å²) in [4.78, 5) is 27.8. The molecule has 2 fully saturated rings. The number of amides is 2. The molecule has 1 saturated heterocycles. The van der Waals surface area contributed by atoms with Crippen molar-refractivity contribution in [1.82, 2.24) is 14.7 Å². The Balaban J connectivity index is 1.33. The Morgan fingerprint density at radius 1 is 1.20 bits per heavy atom. The minimum atomic E-state index is -1.30. The number of piperidine rings is 1. The largest absolute Gasteiger partial charge is 0.436 e. The van der Waals surface area contributed by atoms with E-state index in [0.717, 1.165) is 18.4 Å². The quantitative estimate of drug-likeness (QED) is 0.550. The van der Waals surface area contributed by atoms with Gasteiger partial charge in [0.2, 0.25) is 0 Å². The van der Waals surface area contributed by atoms with Gasteiger partial charge in [0.25, 0.3) is 5.91 Å². The summed E-state index contributed by atoms with van der Waals surface area (Å²) in [6.45, 7) is 1.12. The van der Waals surface area contributed by atoms with Gasteiger partial charge in [-0.2, -0.15) is 5.10 Å². The molecule has 1 saturated carbocycles. The van der Waals surface area contributed by atoms with Gasteiger partial charge in [0, 0.05) is 12.7 Å². The topological polar surface area (TPSA) is 76.5 Å². The maximum atomic E-state index is 15.4. The molecule has 1 spiro atoms. The number of benzene rings is 2. The van der Waals surface area contributed by atoms with Crippen molar-refractivity contribution in [2.75, 3.05) is 18.4 Å². The van der Waals surface area contributed by atoms with E-state index in [9.17, 15) is 9.59 Å². The average Bonchev–Trinajstić information content (AvgIpc) is 3.60. The van der Waals surface area contributed by atoms with Crippen LogP contribution in [0, 0.1) is 17.7 Å². The van der Waals surface area contributed by atoms with Gasteiger partial charge in [-0.25, -0.2) is 9.18 Å². The molecular formula is C26H24ClFN4O3. The first-order valence-electron chi connectivity index (χ1n) is 11.8. The number of carbonyl (C=O) groups excluding carboxylic acids is 2. The van der Waals surface area contributed by atoms with Gasteiger partial charge >= 0.3 is 6.09 Å². The number of anilines is 1. The molecule has 3 aromatic rings. The first kappa shape index (κ1) is 22.1. The van der Waals surface area contributed by atoms with Crippen molar-refractivity contribution in [3.05, 3.63) is 82.4 Å². The van der Waals surface area contributed by atoms with Crippen molar-refractivity contribution < 1.29 is 18.7 Å². The summed E-state index contributed by atoms with van der Waals surface area (Å²) in [5.41, 5.74) is 0.772. The molecular weight excluding hydrogens is 471 g/mol. The number of hydrogen-bond donors (Lipinski definition) is 1. The number of ether oxygens (including phenoxy) is 1. The monoisotopic (exact) mass is 494 g/mol. The van der Waals surface area contributed by atoms with Crippen LogP contribution in [0.1, 0.15) is 40.7 Å². The van der Waals surface area contributed by atoms with Gasteiger partial charge in [0.1, 0.15) is 0 Å². The van der Waals surface area contributed by atoms with Crippen molar-refractivity contribution in [3.8, 4) is 0 Å². The number of carbonyl (C=O) groups is 2. The van der Waals surface area contributed by atoms with Crippen molar-refractivity contribution in [2.24, 2.45) is 11.8 Å². The molecule has 7 nitrogen and oxygen atoms in total. The molecule has 0 bridgehead atoms. The van der Waals surface area contributed by atoms with Crippen molar-refractivity contribution in [2.45, 2.75) is 31.4 Å². The molecule has 1 aromatic heterocycles. The van der Waals surface area contributed by atoms with Crippen LogP contribution in [0.3, 0.4) is 0 Å². The fourth-order valence-corrected chi connectivity index (χ4v) is 5.64. The minimum absolute atomic E-state index is 0.0449. The van der Waals surface area contributed by atoms with Crippen LogP contribution in [0.4, 0.5) is 14.9 Å². The first-order valence-corrected chi connectivity index (χ1v) is 12.1. The van der Waals surface area contributed by atoms with Gasteiger partial charge in [-0.15, -0.1) is 0 Å². The standard InChI is InChI=1S/C26H24ClFN4O3/c27-20-8-9-21-22(23(20)28)26(35-25(34)30-21)10-18(17-6-7-17)13-31(15-26)24(33)19-11-29-32(14-19)12-16-4-2-1-3-5-16/h1-5,8-9,11,14,17-18H,6-7,10,12-13,15H2,(H,30,34)/t18?,26-/m0/s1. The zero-order valence-electron chi connectivity index (χ0n) is 18.9. The first-order chi connectivity index (χ1) is 16.9. The molecule has 6 rings (SSSR count). The van der Waals surface area contributed by atoms with E-state index in [4.69, 9.17) is 16.3 Å². The van der Waals surface area contributed by atoms with Crippen LogP contribution in [0.15, 0.2) is 54.9 Å². The summed E-state index contributed by atoms with van der Waals surface area (Å²) in [5.74, 6) is -0.331. The van der Waals surface area contributed by atoms with E-state index in [0.29, 0.717) is 36.7 Å². The second kappa shape index (κ2) is 8.37. The summed E-state index contributed by atoms with van der Waals surface area (Å²) in [5, 5.41) is 6.91. The van der Waals surface area contributed by atoms with Gasteiger partial charge in [-0.05, 0) is 48.8 Å². The summed E-state index contributed by atoms with van der Waals surface area (Å²) in [6, 6.07) is 12.9. The van der Waals surface area contributed by atoms with Crippen molar-refractivity contribution in [3.63, 3.8) is 0 Å². The molecule has 1 unspecified atom stereocenters. The molecule has 3 heterocycles. The highest BCUT2D eigenvalue weighted by Crippen LogP contribution is 2.51. The van der Waals surface area contributed by atoms with Gasteiger partial charge < -0.3 is 9.64 Å². The molecule has 2 aromatic carbocycles.